The summed E-state index contributed by atoms with van der Waals surface area (Å²) >= 11 is 4.60. The molecule has 1 nitrogen and oxygen atoms in total. The van der Waals surface area contributed by atoms with E-state index in [0.717, 1.165) is 34.7 Å². The molecule has 0 aliphatic heterocycles. The first-order valence-electron chi connectivity index (χ1n) is 7.67. The summed E-state index contributed by atoms with van der Waals surface area (Å²) in [6.45, 7) is 14.6. The van der Waals surface area contributed by atoms with Crippen LogP contribution in [0.1, 0.15) is 46.1 Å². The normalized spacial score (nSPS) is 13.9. The number of allylic oxidation sites excluding steroid dienone is 4. The van der Waals surface area contributed by atoms with E-state index >= 15 is 0 Å². The highest BCUT2D eigenvalue weighted by atomic mass is 32.1. The number of aryl methyl sites for hydroxylation is 1. The molecule has 0 N–H and O–H groups in total. The molecule has 1 aromatic carbocycles. The lowest BCUT2D eigenvalue weighted by atomic mass is 10.0. The SMILES string of the molecule is C=C(CC/C(C)=N/c1ccccc1C)/C(C)=C(S)\C(C)=C/C. The van der Waals surface area contributed by atoms with Crippen molar-refractivity contribution in [1.29, 1.82) is 0 Å². The second-order valence-electron chi connectivity index (χ2n) is 5.68. The minimum Gasteiger partial charge on any atom is -0.258 e. The van der Waals surface area contributed by atoms with Crippen LogP contribution in [-0.2, 0) is 0 Å². The Labute approximate surface area is 141 Å². The van der Waals surface area contributed by atoms with Gasteiger partial charge in [-0.2, -0.15) is 0 Å². The summed E-state index contributed by atoms with van der Waals surface area (Å²) in [7, 11) is 0. The number of aliphatic imine (C=N–C) groups is 1. The van der Waals surface area contributed by atoms with Gasteiger partial charge in [0.15, 0.2) is 0 Å². The summed E-state index contributed by atoms with van der Waals surface area (Å²) in [5.74, 6) is 0. The monoisotopic (exact) mass is 313 g/mol. The Balaban J connectivity index is 2.74. The number of rotatable bonds is 6. The third kappa shape index (κ3) is 5.34. The number of hydrogen-bond acceptors (Lipinski definition) is 2. The molecule has 0 spiro atoms. The van der Waals surface area contributed by atoms with E-state index in [1.807, 2.05) is 19.1 Å². The molecule has 0 aliphatic rings. The number of thiol groups is 1. The predicted molar refractivity (Wildman–Crippen MR) is 103 cm³/mol. The Kier molecular flexibility index (Phi) is 7.40. The molecule has 118 valence electrons. The van der Waals surface area contributed by atoms with E-state index in [1.54, 1.807) is 0 Å². The average molecular weight is 314 g/mol. The Morgan fingerprint density at radius 2 is 1.82 bits per heavy atom. The van der Waals surface area contributed by atoms with Crippen molar-refractivity contribution < 1.29 is 0 Å². The summed E-state index contributed by atoms with van der Waals surface area (Å²) in [5, 5.41) is 0. The minimum atomic E-state index is 0.911. The second kappa shape index (κ2) is 8.79. The van der Waals surface area contributed by atoms with Crippen molar-refractivity contribution in [3.05, 3.63) is 64.1 Å². The lowest BCUT2D eigenvalue weighted by molar-refractivity contribution is 1.01. The molecular formula is C20H27NS. The fourth-order valence-electron chi connectivity index (χ4n) is 2.07. The Morgan fingerprint density at radius 3 is 2.41 bits per heavy atom. The zero-order valence-corrected chi connectivity index (χ0v) is 15.3. The van der Waals surface area contributed by atoms with Crippen LogP contribution in [0.15, 0.2) is 63.5 Å². The van der Waals surface area contributed by atoms with Gasteiger partial charge < -0.3 is 0 Å². The lowest BCUT2D eigenvalue weighted by Gasteiger charge is -2.11. The van der Waals surface area contributed by atoms with E-state index in [9.17, 15) is 0 Å². The van der Waals surface area contributed by atoms with Gasteiger partial charge in [-0.25, -0.2) is 0 Å². The van der Waals surface area contributed by atoms with E-state index in [2.05, 4.69) is 65.1 Å². The van der Waals surface area contributed by atoms with E-state index in [1.165, 1.54) is 16.7 Å². The summed E-state index contributed by atoms with van der Waals surface area (Å²) < 4.78 is 0. The Morgan fingerprint density at radius 1 is 1.18 bits per heavy atom. The van der Waals surface area contributed by atoms with E-state index in [0.29, 0.717) is 0 Å². The standard InChI is InChI=1S/C20H27NS/c1-7-14(2)20(22)18(6)15(3)12-13-17(5)21-19-11-9-8-10-16(19)4/h7-11,22H,3,12-13H2,1-2,4-6H3/b14-7-,20-18+,21-17+. The number of hydrogen-bond donors (Lipinski definition) is 1. The molecule has 0 aliphatic carbocycles. The number of nitrogens with zero attached hydrogens (tertiary/aromatic N) is 1. The smallest absolute Gasteiger partial charge is 0.0658 e. The minimum absolute atomic E-state index is 0.911. The largest absolute Gasteiger partial charge is 0.258 e. The van der Waals surface area contributed by atoms with Crippen molar-refractivity contribution in [2.24, 2.45) is 4.99 Å². The van der Waals surface area contributed by atoms with E-state index < -0.39 is 0 Å². The van der Waals surface area contributed by atoms with Gasteiger partial charge in [0.2, 0.25) is 0 Å². The summed E-state index contributed by atoms with van der Waals surface area (Å²) in [5.41, 5.74) is 6.88. The molecular weight excluding hydrogens is 286 g/mol. The van der Waals surface area contributed by atoms with Crippen LogP contribution in [0.2, 0.25) is 0 Å². The third-order valence-corrected chi connectivity index (χ3v) is 4.60. The van der Waals surface area contributed by atoms with Crippen LogP contribution >= 0.6 is 12.6 Å². The van der Waals surface area contributed by atoms with Crippen LogP contribution in [0.25, 0.3) is 0 Å². The van der Waals surface area contributed by atoms with Crippen LogP contribution in [0.3, 0.4) is 0 Å². The summed E-state index contributed by atoms with van der Waals surface area (Å²) in [6, 6.07) is 8.21. The molecule has 22 heavy (non-hydrogen) atoms. The van der Waals surface area contributed by atoms with Crippen LogP contribution in [0.4, 0.5) is 5.69 Å². The third-order valence-electron chi connectivity index (χ3n) is 3.91. The van der Waals surface area contributed by atoms with E-state index in [4.69, 9.17) is 4.99 Å². The Bertz CT molecular complexity index is 633. The van der Waals surface area contributed by atoms with Crippen molar-refractivity contribution in [1.82, 2.24) is 0 Å². The molecule has 0 heterocycles. The first-order valence-corrected chi connectivity index (χ1v) is 8.12. The van der Waals surface area contributed by atoms with Gasteiger partial charge >= 0.3 is 0 Å². The highest BCUT2D eigenvalue weighted by Gasteiger charge is 2.05. The van der Waals surface area contributed by atoms with Gasteiger partial charge in [-0.05, 0) is 70.2 Å². The average Bonchev–Trinajstić information content (AvgIpc) is 2.52. The molecule has 0 fully saturated rings. The molecule has 2 heteroatoms. The van der Waals surface area contributed by atoms with Crippen molar-refractivity contribution in [2.45, 2.75) is 47.5 Å². The van der Waals surface area contributed by atoms with Gasteiger partial charge in [0.25, 0.3) is 0 Å². The molecule has 0 aromatic heterocycles. The molecule has 1 rings (SSSR count). The first kappa shape index (κ1) is 18.5. The topological polar surface area (TPSA) is 12.4 Å². The molecule has 0 saturated carbocycles. The Hall–Kier alpha value is -1.54. The molecule has 0 amide bonds. The molecule has 0 unspecified atom stereocenters. The van der Waals surface area contributed by atoms with Crippen molar-refractivity contribution >= 4 is 24.0 Å². The highest BCUT2D eigenvalue weighted by molar-refractivity contribution is 7.84. The zero-order valence-electron chi connectivity index (χ0n) is 14.4. The second-order valence-corrected chi connectivity index (χ2v) is 6.13. The van der Waals surface area contributed by atoms with Gasteiger partial charge in [0, 0.05) is 10.6 Å². The molecule has 0 radical (unpaired) electrons. The van der Waals surface area contributed by atoms with Crippen LogP contribution in [-0.4, -0.2) is 5.71 Å². The molecule has 0 atom stereocenters. The van der Waals surface area contributed by atoms with E-state index in [-0.39, 0.29) is 0 Å². The van der Waals surface area contributed by atoms with Crippen LogP contribution in [0.5, 0.6) is 0 Å². The van der Waals surface area contributed by atoms with Crippen LogP contribution < -0.4 is 0 Å². The van der Waals surface area contributed by atoms with Crippen molar-refractivity contribution in [3.63, 3.8) is 0 Å². The maximum absolute atomic E-state index is 4.71. The summed E-state index contributed by atoms with van der Waals surface area (Å²) in [6.07, 6.45) is 3.90. The lowest BCUT2D eigenvalue weighted by Crippen LogP contribution is -1.95. The van der Waals surface area contributed by atoms with Gasteiger partial charge in [-0.1, -0.05) is 36.4 Å². The van der Waals surface area contributed by atoms with Crippen LogP contribution in [0, 0.1) is 6.92 Å². The highest BCUT2D eigenvalue weighted by Crippen LogP contribution is 2.25. The van der Waals surface area contributed by atoms with Crippen molar-refractivity contribution in [3.8, 4) is 0 Å². The van der Waals surface area contributed by atoms with Crippen molar-refractivity contribution in [2.75, 3.05) is 0 Å². The van der Waals surface area contributed by atoms with Gasteiger partial charge in [-0.3, -0.25) is 4.99 Å². The maximum Gasteiger partial charge on any atom is 0.0658 e. The molecule has 0 saturated heterocycles. The van der Waals surface area contributed by atoms with Gasteiger partial charge in [0.1, 0.15) is 0 Å². The fraction of sp³-hybridized carbons (Fsp3) is 0.350. The molecule has 0 bridgehead atoms. The maximum atomic E-state index is 4.71. The first-order chi connectivity index (χ1) is 10.4. The zero-order chi connectivity index (χ0) is 16.7. The predicted octanol–water partition coefficient (Wildman–Crippen LogP) is 6.59. The number of benzene rings is 1. The summed E-state index contributed by atoms with van der Waals surface area (Å²) in [4.78, 5) is 5.74. The fourth-order valence-corrected chi connectivity index (χ4v) is 2.36. The number of para-hydroxylation sites is 1. The van der Waals surface area contributed by atoms with Gasteiger partial charge in [0.05, 0.1) is 5.69 Å². The quantitative estimate of drug-likeness (QED) is 0.345. The molecule has 1 aromatic rings. The van der Waals surface area contributed by atoms with Gasteiger partial charge in [-0.15, -0.1) is 12.6 Å².